The number of benzene rings is 1. The van der Waals surface area contributed by atoms with Gasteiger partial charge in [-0.15, -0.1) is 5.10 Å². The summed E-state index contributed by atoms with van der Waals surface area (Å²) >= 11 is 0. The van der Waals surface area contributed by atoms with Crippen LogP contribution in [0.1, 0.15) is 55.2 Å². The van der Waals surface area contributed by atoms with Crippen LogP contribution in [0, 0.1) is 0 Å². The van der Waals surface area contributed by atoms with Gasteiger partial charge in [0.2, 0.25) is 0 Å². The van der Waals surface area contributed by atoms with Crippen LogP contribution in [0.15, 0.2) is 24.3 Å². The molecule has 2 aromatic rings. The van der Waals surface area contributed by atoms with Crippen LogP contribution in [0.25, 0.3) is 5.69 Å². The predicted molar refractivity (Wildman–Crippen MR) is 97.5 cm³/mol. The van der Waals surface area contributed by atoms with Gasteiger partial charge in [0.05, 0.1) is 17.9 Å². The number of rotatable bonds is 5. The molecule has 9 heteroatoms. The van der Waals surface area contributed by atoms with E-state index in [1.165, 1.54) is 0 Å². The number of ether oxygens (including phenoxy) is 1. The zero-order valence-electron chi connectivity index (χ0n) is 15.6. The molecule has 3 rings (SSSR count). The fraction of sp³-hybridized carbons (Fsp3) is 0.500. The largest absolute Gasteiger partial charge is 0.462 e. The molecular weight excluding hydrogens is 348 g/mol. The molecule has 9 nitrogen and oxygen atoms in total. The second-order valence-corrected chi connectivity index (χ2v) is 6.53. The Morgan fingerprint density at radius 2 is 2.04 bits per heavy atom. The third-order valence-corrected chi connectivity index (χ3v) is 4.79. The minimum atomic E-state index is -0.651. The first kappa shape index (κ1) is 18.8. The average Bonchev–Trinajstić information content (AvgIpc) is 3.19. The maximum atomic E-state index is 12.1. The van der Waals surface area contributed by atoms with E-state index in [0.717, 1.165) is 32.1 Å². The van der Waals surface area contributed by atoms with Crippen LogP contribution in [-0.4, -0.2) is 45.9 Å². The number of tetrazole rings is 1. The number of nitrogens with one attached hydrogen (secondary N) is 2. The highest BCUT2D eigenvalue weighted by Crippen LogP contribution is 2.36. The third-order valence-electron chi connectivity index (χ3n) is 4.79. The molecular formula is C18H24N6O3. The number of amides is 2. The quantitative estimate of drug-likeness (QED) is 0.776. The maximum absolute atomic E-state index is 12.1. The van der Waals surface area contributed by atoms with Gasteiger partial charge in [0, 0.05) is 7.05 Å². The molecule has 2 N–H and O–H groups in total. The molecule has 0 unspecified atom stereocenters. The molecule has 2 amide bonds. The van der Waals surface area contributed by atoms with Gasteiger partial charge in [-0.3, -0.25) is 0 Å². The van der Waals surface area contributed by atoms with Gasteiger partial charge in [0.1, 0.15) is 5.54 Å². The number of carbonyl (C=O) groups excluding carboxylic acids is 2. The lowest BCUT2D eigenvalue weighted by Crippen LogP contribution is -2.51. The molecule has 1 aromatic heterocycles. The number of urea groups is 1. The zero-order chi connectivity index (χ0) is 19.3. The number of carbonyl (C=O) groups is 2. The summed E-state index contributed by atoms with van der Waals surface area (Å²) < 4.78 is 6.66. The standard InChI is InChI=1S/C18H24N6O3/c1-3-27-15(25)13-8-7-9-14(12-13)24-16(21-22-23-24)18(20-17(26)19-2)10-5-4-6-11-18/h7-9,12H,3-6,10-11H2,1-2H3,(H2,19,20,26). The molecule has 1 fully saturated rings. The summed E-state index contributed by atoms with van der Waals surface area (Å²) in [6.45, 7) is 2.07. The Balaban J connectivity index is 2.00. The summed E-state index contributed by atoms with van der Waals surface area (Å²) in [5, 5.41) is 17.8. The minimum Gasteiger partial charge on any atom is -0.462 e. The van der Waals surface area contributed by atoms with Crippen LogP contribution >= 0.6 is 0 Å². The number of esters is 1. The lowest BCUT2D eigenvalue weighted by atomic mass is 9.81. The van der Waals surface area contributed by atoms with Crippen molar-refractivity contribution in [3.8, 4) is 5.69 Å². The first-order valence-corrected chi connectivity index (χ1v) is 9.16. The lowest BCUT2D eigenvalue weighted by Gasteiger charge is -2.36. The molecule has 0 radical (unpaired) electrons. The second kappa shape index (κ2) is 8.15. The summed E-state index contributed by atoms with van der Waals surface area (Å²) in [4.78, 5) is 24.1. The van der Waals surface area contributed by atoms with Crippen LogP contribution < -0.4 is 10.6 Å². The lowest BCUT2D eigenvalue weighted by molar-refractivity contribution is 0.0526. The summed E-state index contributed by atoms with van der Waals surface area (Å²) in [5.41, 5.74) is 0.416. The fourth-order valence-electron chi connectivity index (χ4n) is 3.48. The van der Waals surface area contributed by atoms with Gasteiger partial charge in [-0.25, -0.2) is 9.59 Å². The Labute approximate surface area is 157 Å². The number of hydrogen-bond acceptors (Lipinski definition) is 6. The zero-order valence-corrected chi connectivity index (χ0v) is 15.6. The molecule has 1 aromatic carbocycles. The van der Waals surface area contributed by atoms with Crippen LogP contribution in [0.5, 0.6) is 0 Å². The highest BCUT2D eigenvalue weighted by molar-refractivity contribution is 5.90. The van der Waals surface area contributed by atoms with Crippen LogP contribution in [0.4, 0.5) is 4.79 Å². The molecule has 0 atom stereocenters. The van der Waals surface area contributed by atoms with Crippen LogP contribution in [-0.2, 0) is 10.3 Å². The highest BCUT2D eigenvalue weighted by atomic mass is 16.5. The minimum absolute atomic E-state index is 0.272. The van der Waals surface area contributed by atoms with E-state index in [1.54, 1.807) is 36.9 Å². The van der Waals surface area contributed by atoms with Crippen LogP contribution in [0.3, 0.4) is 0 Å². The van der Waals surface area contributed by atoms with Gasteiger partial charge >= 0.3 is 12.0 Å². The van der Waals surface area contributed by atoms with Crippen molar-refractivity contribution in [1.82, 2.24) is 30.8 Å². The maximum Gasteiger partial charge on any atom is 0.338 e. The van der Waals surface area contributed by atoms with Gasteiger partial charge in [0.25, 0.3) is 0 Å². The molecule has 1 heterocycles. The van der Waals surface area contributed by atoms with Crippen LogP contribution in [0.2, 0.25) is 0 Å². The van der Waals surface area contributed by atoms with Crippen molar-refractivity contribution in [2.75, 3.05) is 13.7 Å². The first-order valence-electron chi connectivity index (χ1n) is 9.16. The SMILES string of the molecule is CCOC(=O)c1cccc(-n2nnnc2C2(NC(=O)NC)CCCCC2)c1. The number of hydrogen-bond donors (Lipinski definition) is 2. The van der Waals surface area contributed by atoms with E-state index in [4.69, 9.17) is 4.74 Å². The van der Waals surface area contributed by atoms with Crippen molar-refractivity contribution in [3.63, 3.8) is 0 Å². The van der Waals surface area contributed by atoms with Crippen molar-refractivity contribution >= 4 is 12.0 Å². The molecule has 0 aliphatic heterocycles. The van der Waals surface area contributed by atoms with Crippen molar-refractivity contribution < 1.29 is 14.3 Å². The molecule has 1 aliphatic rings. The summed E-state index contributed by atoms with van der Waals surface area (Å²) in [5.74, 6) is 0.164. The van der Waals surface area contributed by atoms with E-state index in [0.29, 0.717) is 23.7 Å². The number of aromatic nitrogens is 4. The van der Waals surface area contributed by atoms with E-state index in [2.05, 4.69) is 26.2 Å². The Hall–Kier alpha value is -2.97. The Morgan fingerprint density at radius 1 is 1.26 bits per heavy atom. The molecule has 144 valence electrons. The first-order chi connectivity index (χ1) is 13.1. The van der Waals surface area contributed by atoms with Gasteiger partial charge in [0.15, 0.2) is 5.82 Å². The van der Waals surface area contributed by atoms with Gasteiger partial charge in [-0.05, 0) is 48.4 Å². The average molecular weight is 372 g/mol. The third kappa shape index (κ3) is 3.91. The predicted octanol–water partition coefficient (Wildman–Crippen LogP) is 1.93. The van der Waals surface area contributed by atoms with E-state index < -0.39 is 11.5 Å². The van der Waals surface area contributed by atoms with Crippen molar-refractivity contribution in [1.29, 1.82) is 0 Å². The summed E-state index contributed by atoms with van der Waals surface area (Å²) in [6.07, 6.45) is 4.55. The number of nitrogens with zero attached hydrogens (tertiary/aromatic N) is 4. The second-order valence-electron chi connectivity index (χ2n) is 6.53. The Morgan fingerprint density at radius 3 is 2.74 bits per heavy atom. The van der Waals surface area contributed by atoms with Gasteiger partial charge in [-0.2, -0.15) is 4.68 Å². The molecule has 0 spiro atoms. The van der Waals surface area contributed by atoms with Gasteiger partial charge < -0.3 is 15.4 Å². The molecule has 1 aliphatic carbocycles. The van der Waals surface area contributed by atoms with E-state index in [1.807, 2.05) is 6.07 Å². The van der Waals surface area contributed by atoms with Crippen molar-refractivity contribution in [2.24, 2.45) is 0 Å². The molecule has 0 bridgehead atoms. The van der Waals surface area contributed by atoms with Gasteiger partial charge in [-0.1, -0.05) is 25.3 Å². The molecule has 1 saturated carbocycles. The highest BCUT2D eigenvalue weighted by Gasteiger charge is 2.40. The molecule has 0 saturated heterocycles. The van der Waals surface area contributed by atoms with Crippen molar-refractivity contribution in [2.45, 2.75) is 44.6 Å². The van der Waals surface area contributed by atoms with Crippen molar-refractivity contribution in [3.05, 3.63) is 35.7 Å². The fourth-order valence-corrected chi connectivity index (χ4v) is 3.48. The Kier molecular flexibility index (Phi) is 5.68. The molecule has 27 heavy (non-hydrogen) atoms. The monoisotopic (exact) mass is 372 g/mol. The van der Waals surface area contributed by atoms with E-state index in [-0.39, 0.29) is 6.03 Å². The van der Waals surface area contributed by atoms with E-state index >= 15 is 0 Å². The summed E-state index contributed by atoms with van der Waals surface area (Å²) in [7, 11) is 1.58. The Bertz CT molecular complexity index is 813. The normalized spacial score (nSPS) is 15.8. The van der Waals surface area contributed by atoms with E-state index in [9.17, 15) is 9.59 Å². The smallest absolute Gasteiger partial charge is 0.338 e. The summed E-state index contributed by atoms with van der Waals surface area (Å²) in [6, 6.07) is 6.68. The topological polar surface area (TPSA) is 111 Å².